The van der Waals surface area contributed by atoms with Crippen molar-refractivity contribution >= 4 is 28.3 Å². The quantitative estimate of drug-likeness (QED) is 0.773. The first-order valence-corrected chi connectivity index (χ1v) is 10.1. The molecule has 0 unspecified atom stereocenters. The van der Waals surface area contributed by atoms with E-state index >= 15 is 0 Å². The fourth-order valence-electron chi connectivity index (χ4n) is 3.55. The number of sulfonamides is 1. The summed E-state index contributed by atoms with van der Waals surface area (Å²) in [5, 5.41) is 7.62. The van der Waals surface area contributed by atoms with Gasteiger partial charge in [0.15, 0.2) is 0 Å². The molecule has 3 heterocycles. The van der Waals surface area contributed by atoms with E-state index in [-0.39, 0.29) is 24.1 Å². The van der Waals surface area contributed by atoms with Crippen LogP contribution in [0.5, 0.6) is 0 Å². The lowest BCUT2D eigenvalue weighted by Crippen LogP contribution is -2.59. The van der Waals surface area contributed by atoms with Gasteiger partial charge in [-0.15, -0.1) is 12.4 Å². The number of aromatic nitrogens is 2. The van der Waals surface area contributed by atoms with E-state index in [1.54, 1.807) is 22.7 Å². The third kappa shape index (κ3) is 3.84. The molecule has 0 saturated carbocycles. The van der Waals surface area contributed by atoms with Crippen molar-refractivity contribution < 1.29 is 13.2 Å². The van der Waals surface area contributed by atoms with Gasteiger partial charge in [0.1, 0.15) is 5.54 Å². The van der Waals surface area contributed by atoms with Gasteiger partial charge in [-0.1, -0.05) is 0 Å². The topological polar surface area (TPSA) is 87.5 Å². The fourth-order valence-corrected chi connectivity index (χ4v) is 4.63. The van der Waals surface area contributed by atoms with E-state index in [4.69, 9.17) is 0 Å². The van der Waals surface area contributed by atoms with Crippen molar-refractivity contribution in [1.29, 1.82) is 0 Å². The Labute approximate surface area is 155 Å². The molecular weight excluding hydrogens is 366 g/mol. The molecule has 1 N–H and O–H groups in total. The van der Waals surface area contributed by atoms with Crippen LogP contribution in [0.1, 0.15) is 19.8 Å². The first-order valence-electron chi connectivity index (χ1n) is 8.48. The summed E-state index contributed by atoms with van der Waals surface area (Å²) in [7, 11) is -3.19. The number of nitrogens with one attached hydrogen (secondary N) is 1. The predicted octanol–water partition coefficient (Wildman–Crippen LogP) is -0.122. The summed E-state index contributed by atoms with van der Waals surface area (Å²) in [6.07, 6.45) is 4.94. The zero-order chi connectivity index (χ0) is 17.2. The van der Waals surface area contributed by atoms with Gasteiger partial charge in [-0.25, -0.2) is 8.42 Å². The van der Waals surface area contributed by atoms with Crippen molar-refractivity contribution in [2.75, 3.05) is 45.0 Å². The molecule has 2 aliphatic heterocycles. The second-order valence-electron chi connectivity index (χ2n) is 6.32. The maximum absolute atomic E-state index is 13.3. The molecule has 8 nitrogen and oxygen atoms in total. The third-order valence-electron chi connectivity index (χ3n) is 5.06. The first kappa shape index (κ1) is 20.2. The summed E-state index contributed by atoms with van der Waals surface area (Å²) < 4.78 is 27.2. The highest BCUT2D eigenvalue weighted by Gasteiger charge is 2.45. The number of piperidine rings is 1. The van der Waals surface area contributed by atoms with Crippen molar-refractivity contribution in [3.05, 3.63) is 18.5 Å². The highest BCUT2D eigenvalue weighted by molar-refractivity contribution is 7.89. The highest BCUT2D eigenvalue weighted by atomic mass is 35.5. The average Bonchev–Trinajstić information content (AvgIpc) is 3.17. The summed E-state index contributed by atoms with van der Waals surface area (Å²) >= 11 is 0. The van der Waals surface area contributed by atoms with Gasteiger partial charge in [0.25, 0.3) is 5.91 Å². The van der Waals surface area contributed by atoms with Gasteiger partial charge in [0.05, 0.1) is 5.75 Å². The summed E-state index contributed by atoms with van der Waals surface area (Å²) in [5.41, 5.74) is -0.652. The third-order valence-corrected chi connectivity index (χ3v) is 6.94. The van der Waals surface area contributed by atoms with Crippen LogP contribution in [0.3, 0.4) is 0 Å². The molecule has 2 fully saturated rings. The number of halogens is 1. The molecule has 2 saturated heterocycles. The minimum Gasteiger partial charge on any atom is -0.338 e. The van der Waals surface area contributed by atoms with Gasteiger partial charge in [0, 0.05) is 38.6 Å². The number of hydrogen-bond donors (Lipinski definition) is 1. The van der Waals surface area contributed by atoms with E-state index in [1.165, 1.54) is 4.31 Å². The minimum atomic E-state index is -3.19. The van der Waals surface area contributed by atoms with Crippen molar-refractivity contribution in [3.8, 4) is 0 Å². The Morgan fingerprint density at radius 2 is 1.84 bits per heavy atom. The summed E-state index contributed by atoms with van der Waals surface area (Å²) in [5.74, 6) is 0.158. The van der Waals surface area contributed by atoms with E-state index in [9.17, 15) is 13.2 Å². The largest absolute Gasteiger partial charge is 0.338 e. The van der Waals surface area contributed by atoms with Crippen LogP contribution in [0.2, 0.25) is 0 Å². The number of piperazine rings is 1. The molecule has 25 heavy (non-hydrogen) atoms. The normalized spacial score (nSPS) is 21.6. The molecule has 0 bridgehead atoms. The number of carbonyl (C=O) groups excluding carboxylic acids is 1. The van der Waals surface area contributed by atoms with Crippen molar-refractivity contribution in [2.45, 2.75) is 25.3 Å². The summed E-state index contributed by atoms with van der Waals surface area (Å²) in [6, 6.07) is 1.84. The van der Waals surface area contributed by atoms with E-state index in [0.29, 0.717) is 39.0 Å². The molecule has 0 spiro atoms. The smallest absolute Gasteiger partial charge is 0.250 e. The molecule has 10 heteroatoms. The van der Waals surface area contributed by atoms with Crippen LogP contribution < -0.4 is 5.32 Å². The van der Waals surface area contributed by atoms with Gasteiger partial charge >= 0.3 is 0 Å². The molecule has 0 aliphatic carbocycles. The molecule has 142 valence electrons. The van der Waals surface area contributed by atoms with Crippen molar-refractivity contribution in [2.24, 2.45) is 0 Å². The van der Waals surface area contributed by atoms with Crippen LogP contribution in [-0.2, 0) is 20.4 Å². The first-order chi connectivity index (χ1) is 11.5. The molecular formula is C15H26ClN5O3S. The molecule has 1 amide bonds. The maximum Gasteiger partial charge on any atom is 0.250 e. The second-order valence-corrected chi connectivity index (χ2v) is 8.58. The molecule has 0 atom stereocenters. The lowest BCUT2D eigenvalue weighted by Gasteiger charge is -2.42. The van der Waals surface area contributed by atoms with Crippen LogP contribution in [0.4, 0.5) is 0 Å². The van der Waals surface area contributed by atoms with E-state index in [1.807, 2.05) is 12.3 Å². The van der Waals surface area contributed by atoms with Crippen LogP contribution in [-0.4, -0.2) is 78.3 Å². The SMILES string of the molecule is CCS(=O)(=O)N1CCN(C(=O)C2(n3cccn3)CCNCC2)CC1.Cl. The Kier molecular flexibility index (Phi) is 6.47. The zero-order valence-electron chi connectivity index (χ0n) is 14.4. The maximum atomic E-state index is 13.3. The van der Waals surface area contributed by atoms with Gasteiger partial charge in [-0.3, -0.25) is 9.48 Å². The fraction of sp³-hybridized carbons (Fsp3) is 0.733. The van der Waals surface area contributed by atoms with E-state index < -0.39 is 15.6 Å². The van der Waals surface area contributed by atoms with Crippen LogP contribution in [0.15, 0.2) is 18.5 Å². The Bertz CT molecular complexity index is 665. The Morgan fingerprint density at radius 3 is 2.36 bits per heavy atom. The molecule has 1 aromatic heterocycles. The molecule has 2 aliphatic rings. The molecule has 1 aromatic rings. The van der Waals surface area contributed by atoms with Crippen molar-refractivity contribution in [1.82, 2.24) is 24.3 Å². The summed E-state index contributed by atoms with van der Waals surface area (Å²) in [4.78, 5) is 15.1. The lowest BCUT2D eigenvalue weighted by molar-refractivity contribution is -0.144. The number of hydrogen-bond acceptors (Lipinski definition) is 5. The number of amides is 1. The summed E-state index contributed by atoms with van der Waals surface area (Å²) in [6.45, 7) is 4.81. The van der Waals surface area contributed by atoms with Crippen molar-refractivity contribution in [3.63, 3.8) is 0 Å². The Balaban J connectivity index is 0.00000225. The van der Waals surface area contributed by atoms with Gasteiger partial charge in [0.2, 0.25) is 10.0 Å². The molecule has 0 aromatic carbocycles. The van der Waals surface area contributed by atoms with Gasteiger partial charge in [-0.05, 0) is 38.9 Å². The lowest BCUT2D eigenvalue weighted by atomic mass is 9.86. The standard InChI is InChI=1S/C15H25N5O3S.ClH/c1-2-24(22,23)19-12-10-18(11-13-19)14(21)15(4-7-16-8-5-15)20-9-3-6-17-20;/h3,6,9,16H,2,4-5,7-8,10-13H2,1H3;1H. The van der Waals surface area contributed by atoms with Crippen LogP contribution >= 0.6 is 12.4 Å². The van der Waals surface area contributed by atoms with E-state index in [2.05, 4.69) is 10.4 Å². The van der Waals surface area contributed by atoms with Gasteiger partial charge in [-0.2, -0.15) is 9.40 Å². The zero-order valence-corrected chi connectivity index (χ0v) is 16.1. The number of nitrogens with zero attached hydrogens (tertiary/aromatic N) is 4. The van der Waals surface area contributed by atoms with E-state index in [0.717, 1.165) is 13.1 Å². The Morgan fingerprint density at radius 1 is 1.20 bits per heavy atom. The predicted molar refractivity (Wildman–Crippen MR) is 97.2 cm³/mol. The highest BCUT2D eigenvalue weighted by Crippen LogP contribution is 2.30. The monoisotopic (exact) mass is 391 g/mol. The number of rotatable bonds is 4. The second kappa shape index (κ2) is 8.03. The Hall–Kier alpha value is -1.16. The number of carbonyl (C=O) groups is 1. The average molecular weight is 392 g/mol. The minimum absolute atomic E-state index is 0. The molecule has 0 radical (unpaired) electrons. The molecule has 3 rings (SSSR count). The van der Waals surface area contributed by atoms with Gasteiger partial charge < -0.3 is 10.2 Å². The van der Waals surface area contributed by atoms with Crippen LogP contribution in [0.25, 0.3) is 0 Å². The van der Waals surface area contributed by atoms with Crippen LogP contribution in [0, 0.1) is 0 Å².